The Morgan fingerprint density at radius 2 is 2.28 bits per heavy atom. The van der Waals surface area contributed by atoms with E-state index in [1.54, 1.807) is 7.11 Å². The first-order chi connectivity index (χ1) is 8.74. The highest BCUT2D eigenvalue weighted by molar-refractivity contribution is 5.20. The minimum atomic E-state index is 0.500. The van der Waals surface area contributed by atoms with E-state index in [2.05, 4.69) is 16.8 Å². The Bertz CT molecular complexity index is 434. The zero-order valence-electron chi connectivity index (χ0n) is 11.5. The molecular weight excluding hydrogens is 226 g/mol. The Morgan fingerprint density at radius 1 is 1.44 bits per heavy atom. The van der Waals surface area contributed by atoms with Crippen molar-refractivity contribution in [1.82, 2.24) is 14.9 Å². The van der Waals surface area contributed by atoms with Gasteiger partial charge in [0.05, 0.1) is 5.69 Å². The molecule has 0 bridgehead atoms. The van der Waals surface area contributed by atoms with Crippen LogP contribution in [-0.2, 0) is 24.2 Å². The van der Waals surface area contributed by atoms with Gasteiger partial charge in [0.25, 0.3) is 0 Å². The summed E-state index contributed by atoms with van der Waals surface area (Å²) in [6.07, 6.45) is 5.01. The third kappa shape index (κ3) is 2.19. The molecule has 0 amide bonds. The minimum absolute atomic E-state index is 0.500. The number of hydrogen-bond acceptors (Lipinski definition) is 3. The molecule has 1 aliphatic heterocycles. The summed E-state index contributed by atoms with van der Waals surface area (Å²) in [5.74, 6) is 1.19. The van der Waals surface area contributed by atoms with Gasteiger partial charge >= 0.3 is 0 Å². The molecule has 1 fully saturated rings. The average Bonchev–Trinajstić information content (AvgIpc) is 3.08. The molecule has 0 unspecified atom stereocenters. The van der Waals surface area contributed by atoms with Crippen LogP contribution < -0.4 is 5.32 Å². The third-order valence-electron chi connectivity index (χ3n) is 4.46. The average molecular weight is 249 g/mol. The van der Waals surface area contributed by atoms with E-state index >= 15 is 0 Å². The highest BCUT2D eigenvalue weighted by atomic mass is 16.5. The van der Waals surface area contributed by atoms with E-state index in [4.69, 9.17) is 9.72 Å². The van der Waals surface area contributed by atoms with Gasteiger partial charge in [-0.2, -0.15) is 0 Å². The van der Waals surface area contributed by atoms with Crippen LogP contribution in [0.5, 0.6) is 0 Å². The second-order valence-electron chi connectivity index (χ2n) is 5.81. The summed E-state index contributed by atoms with van der Waals surface area (Å²) in [4.78, 5) is 4.71. The van der Waals surface area contributed by atoms with Gasteiger partial charge in [0.15, 0.2) is 0 Å². The number of ether oxygens (including phenoxy) is 1. The van der Waals surface area contributed by atoms with Crippen LogP contribution in [0.3, 0.4) is 0 Å². The van der Waals surface area contributed by atoms with Gasteiger partial charge < -0.3 is 14.6 Å². The molecule has 1 aromatic rings. The van der Waals surface area contributed by atoms with Crippen LogP contribution in [-0.4, -0.2) is 29.8 Å². The van der Waals surface area contributed by atoms with Crippen LogP contribution in [0.25, 0.3) is 0 Å². The number of rotatable bonds is 5. The number of methoxy groups -OCH3 is 1. The molecule has 0 atom stereocenters. The zero-order chi connectivity index (χ0) is 12.6. The Hall–Kier alpha value is -0.870. The maximum atomic E-state index is 5.24. The van der Waals surface area contributed by atoms with Crippen molar-refractivity contribution >= 4 is 0 Å². The van der Waals surface area contributed by atoms with Crippen molar-refractivity contribution in [2.75, 3.05) is 20.3 Å². The summed E-state index contributed by atoms with van der Waals surface area (Å²) >= 11 is 0. The lowest BCUT2D eigenvalue weighted by atomic mass is 10.0. The first-order valence-electron chi connectivity index (χ1n) is 6.99. The molecule has 100 valence electrons. The van der Waals surface area contributed by atoms with Crippen molar-refractivity contribution in [3.63, 3.8) is 0 Å². The van der Waals surface area contributed by atoms with Crippen LogP contribution in [0.15, 0.2) is 0 Å². The van der Waals surface area contributed by atoms with Gasteiger partial charge in [0.2, 0.25) is 0 Å². The number of nitrogens with zero attached hydrogens (tertiary/aromatic N) is 2. The summed E-state index contributed by atoms with van der Waals surface area (Å²) in [5, 5.41) is 3.40. The summed E-state index contributed by atoms with van der Waals surface area (Å²) in [5.41, 5.74) is 3.23. The molecule has 0 saturated heterocycles. The number of imidazole rings is 1. The largest absolute Gasteiger partial charge is 0.385 e. The van der Waals surface area contributed by atoms with Gasteiger partial charge in [-0.1, -0.05) is 0 Å². The quantitative estimate of drug-likeness (QED) is 0.862. The van der Waals surface area contributed by atoms with Crippen molar-refractivity contribution in [1.29, 1.82) is 0 Å². The molecule has 2 heterocycles. The molecule has 1 aliphatic carbocycles. The molecule has 3 rings (SSSR count). The van der Waals surface area contributed by atoms with Crippen molar-refractivity contribution in [2.24, 2.45) is 5.41 Å². The third-order valence-corrected chi connectivity index (χ3v) is 4.46. The van der Waals surface area contributed by atoms with E-state index < -0.39 is 0 Å². The van der Waals surface area contributed by atoms with Crippen LogP contribution in [0.1, 0.15) is 36.5 Å². The van der Waals surface area contributed by atoms with Crippen molar-refractivity contribution in [3.05, 3.63) is 17.2 Å². The number of hydrogen-bond donors (Lipinski definition) is 1. The lowest BCUT2D eigenvalue weighted by molar-refractivity contribution is 0.166. The summed E-state index contributed by atoms with van der Waals surface area (Å²) in [6, 6.07) is 0. The number of aromatic nitrogens is 2. The SMILES string of the molecule is COCCC1(Cn2c(C)nc3c2CCNC3)CC1. The molecule has 1 aromatic heterocycles. The lowest BCUT2D eigenvalue weighted by Crippen LogP contribution is -2.26. The normalized spacial score (nSPS) is 20.8. The highest BCUT2D eigenvalue weighted by Gasteiger charge is 2.43. The Balaban J connectivity index is 1.78. The monoisotopic (exact) mass is 249 g/mol. The number of fused-ring (bicyclic) bond motifs is 1. The molecule has 0 aromatic carbocycles. The second-order valence-corrected chi connectivity index (χ2v) is 5.81. The highest BCUT2D eigenvalue weighted by Crippen LogP contribution is 2.50. The number of nitrogens with one attached hydrogen (secondary N) is 1. The summed E-state index contributed by atoms with van der Waals surface area (Å²) < 4.78 is 7.72. The minimum Gasteiger partial charge on any atom is -0.385 e. The summed E-state index contributed by atoms with van der Waals surface area (Å²) in [7, 11) is 1.80. The van der Waals surface area contributed by atoms with Gasteiger partial charge in [-0.25, -0.2) is 4.98 Å². The van der Waals surface area contributed by atoms with E-state index in [1.165, 1.54) is 36.5 Å². The van der Waals surface area contributed by atoms with Crippen molar-refractivity contribution in [2.45, 2.75) is 45.7 Å². The van der Waals surface area contributed by atoms with E-state index in [0.717, 1.165) is 32.7 Å². The van der Waals surface area contributed by atoms with E-state index in [1.807, 2.05) is 0 Å². The van der Waals surface area contributed by atoms with Gasteiger partial charge in [0, 0.05) is 45.5 Å². The van der Waals surface area contributed by atoms with Crippen molar-refractivity contribution < 1.29 is 4.74 Å². The Labute approximate surface area is 109 Å². The van der Waals surface area contributed by atoms with Crippen LogP contribution in [0.4, 0.5) is 0 Å². The van der Waals surface area contributed by atoms with E-state index in [-0.39, 0.29) is 0 Å². The Morgan fingerprint density at radius 3 is 3.00 bits per heavy atom. The topological polar surface area (TPSA) is 39.1 Å². The maximum Gasteiger partial charge on any atom is 0.106 e. The van der Waals surface area contributed by atoms with Crippen molar-refractivity contribution in [3.8, 4) is 0 Å². The van der Waals surface area contributed by atoms with Gasteiger partial charge in [0.1, 0.15) is 5.82 Å². The second kappa shape index (κ2) is 4.67. The predicted octanol–water partition coefficient (Wildman–Crippen LogP) is 1.65. The predicted molar refractivity (Wildman–Crippen MR) is 70.5 cm³/mol. The Kier molecular flexibility index (Phi) is 3.16. The lowest BCUT2D eigenvalue weighted by Gasteiger charge is -2.21. The fourth-order valence-corrected chi connectivity index (χ4v) is 3.03. The zero-order valence-corrected chi connectivity index (χ0v) is 11.5. The molecule has 1 N–H and O–H groups in total. The van der Waals surface area contributed by atoms with Crippen LogP contribution in [0.2, 0.25) is 0 Å². The first kappa shape index (κ1) is 12.2. The van der Waals surface area contributed by atoms with Crippen LogP contribution >= 0.6 is 0 Å². The molecule has 4 heteroatoms. The van der Waals surface area contributed by atoms with E-state index in [0.29, 0.717) is 5.41 Å². The molecular formula is C14H23N3O. The molecule has 0 radical (unpaired) electrons. The molecule has 0 spiro atoms. The molecule has 18 heavy (non-hydrogen) atoms. The molecule has 4 nitrogen and oxygen atoms in total. The first-order valence-corrected chi connectivity index (χ1v) is 6.99. The van der Waals surface area contributed by atoms with Gasteiger partial charge in [-0.3, -0.25) is 0 Å². The van der Waals surface area contributed by atoms with Gasteiger partial charge in [-0.15, -0.1) is 0 Å². The number of aryl methyl sites for hydroxylation is 1. The van der Waals surface area contributed by atoms with Crippen LogP contribution in [0, 0.1) is 12.3 Å². The van der Waals surface area contributed by atoms with E-state index in [9.17, 15) is 0 Å². The standard InChI is InChI=1S/C14H23N3O/c1-11-16-12-9-15-7-3-13(12)17(11)10-14(4-5-14)6-8-18-2/h15H,3-10H2,1-2H3. The molecule has 1 saturated carbocycles. The fraction of sp³-hybridized carbons (Fsp3) is 0.786. The fourth-order valence-electron chi connectivity index (χ4n) is 3.03. The maximum absolute atomic E-state index is 5.24. The summed E-state index contributed by atoms with van der Waals surface area (Å²) in [6.45, 7) is 6.20. The smallest absolute Gasteiger partial charge is 0.106 e. The molecule has 2 aliphatic rings. The van der Waals surface area contributed by atoms with Gasteiger partial charge in [-0.05, 0) is 31.6 Å².